The molecule has 0 spiro atoms. The summed E-state index contributed by atoms with van der Waals surface area (Å²) in [5.74, 6) is 0.950. The zero-order valence-corrected chi connectivity index (χ0v) is 23.2. The summed E-state index contributed by atoms with van der Waals surface area (Å²) in [6.07, 6.45) is 0.498. The number of hydrogen-bond acceptors (Lipinski definition) is 6. The maximum Gasteiger partial charge on any atom is 0.298 e. The Balaban J connectivity index is 1.06. The van der Waals surface area contributed by atoms with Crippen molar-refractivity contribution < 1.29 is 13.9 Å². The highest BCUT2D eigenvalue weighted by Gasteiger charge is 2.28. The minimum absolute atomic E-state index is 0.0182. The van der Waals surface area contributed by atoms with Gasteiger partial charge in [-0.2, -0.15) is 9.36 Å². The number of rotatable bonds is 8. The average Bonchev–Trinajstić information content (AvgIpc) is 3.46. The second-order valence-corrected chi connectivity index (χ2v) is 10.7. The lowest BCUT2D eigenvalue weighted by Gasteiger charge is -2.39. The number of amides is 1. The molecule has 0 atom stereocenters. The first-order valence-electron chi connectivity index (χ1n) is 13.6. The van der Waals surface area contributed by atoms with E-state index in [1.807, 2.05) is 17.0 Å². The topological polar surface area (TPSA) is 58.6 Å². The molecule has 0 radical (unpaired) electrons. The van der Waals surface area contributed by atoms with Crippen molar-refractivity contribution in [2.45, 2.75) is 12.5 Å². The van der Waals surface area contributed by atoms with Crippen LogP contribution in [0.4, 0.5) is 4.39 Å². The molecule has 41 heavy (non-hydrogen) atoms. The smallest absolute Gasteiger partial charge is 0.298 e. The second kappa shape index (κ2) is 12.4. The molecule has 0 unspecified atom stereocenters. The van der Waals surface area contributed by atoms with Crippen LogP contribution >= 0.6 is 11.5 Å². The van der Waals surface area contributed by atoms with Crippen LogP contribution in [0.25, 0.3) is 0 Å². The Bertz CT molecular complexity index is 1530. The van der Waals surface area contributed by atoms with Gasteiger partial charge >= 0.3 is 0 Å². The Labute approximate surface area is 242 Å². The maximum atomic E-state index is 13.3. The van der Waals surface area contributed by atoms with Gasteiger partial charge < -0.3 is 9.64 Å². The number of benzene rings is 4. The summed E-state index contributed by atoms with van der Waals surface area (Å²) in [7, 11) is 0. The molecule has 1 amide bonds. The number of halogens is 1. The molecule has 1 fully saturated rings. The molecule has 206 valence electrons. The predicted octanol–water partition coefficient (Wildman–Crippen LogP) is 6.61. The van der Waals surface area contributed by atoms with E-state index in [-0.39, 0.29) is 17.8 Å². The Morgan fingerprint density at radius 3 is 2.02 bits per heavy atom. The molecular weight excluding hydrogens is 535 g/mol. The van der Waals surface area contributed by atoms with Crippen LogP contribution in [-0.4, -0.2) is 51.2 Å². The molecule has 0 bridgehead atoms. The quantitative estimate of drug-likeness (QED) is 0.212. The van der Waals surface area contributed by atoms with E-state index in [2.05, 4.69) is 62.8 Å². The van der Waals surface area contributed by atoms with Gasteiger partial charge in [0.05, 0.1) is 6.04 Å². The monoisotopic (exact) mass is 564 g/mol. The van der Waals surface area contributed by atoms with Crippen LogP contribution in [0.2, 0.25) is 0 Å². The molecule has 4 aromatic carbocycles. The highest BCUT2D eigenvalue weighted by Crippen LogP contribution is 2.30. The van der Waals surface area contributed by atoms with Gasteiger partial charge in [0.2, 0.25) is 0 Å². The molecule has 1 aliphatic heterocycles. The third-order valence-corrected chi connectivity index (χ3v) is 7.86. The van der Waals surface area contributed by atoms with Gasteiger partial charge in [-0.15, -0.1) is 0 Å². The van der Waals surface area contributed by atoms with Crippen LogP contribution in [0.15, 0.2) is 109 Å². The van der Waals surface area contributed by atoms with Gasteiger partial charge in [-0.3, -0.25) is 9.69 Å². The van der Waals surface area contributed by atoms with Gasteiger partial charge in [0.25, 0.3) is 11.1 Å². The molecule has 5 aromatic rings. The SMILES string of the molecule is O=C(c1ccc(Oc2nc(Cc3ccc(F)cc3)ns2)cc1)N1CCN(C(c2ccccc2)c2ccccc2)CC1. The lowest BCUT2D eigenvalue weighted by molar-refractivity contribution is 0.0597. The van der Waals surface area contributed by atoms with Crippen molar-refractivity contribution in [2.24, 2.45) is 0 Å². The highest BCUT2D eigenvalue weighted by atomic mass is 32.1. The first-order chi connectivity index (χ1) is 20.1. The standard InChI is InChI=1S/C33H29FN4O2S/c34-28-15-11-24(12-16-28)23-30-35-33(41-36-30)40-29-17-13-27(14-18-29)32(39)38-21-19-37(20-22-38)31(25-7-3-1-4-8-25)26-9-5-2-6-10-26/h1-18,31H,19-23H2. The number of carbonyl (C=O) groups is 1. The summed E-state index contributed by atoms with van der Waals surface area (Å²) in [6, 6.07) is 34.7. The summed E-state index contributed by atoms with van der Waals surface area (Å²) >= 11 is 1.16. The Hall–Kier alpha value is -4.40. The number of hydrogen-bond donors (Lipinski definition) is 0. The van der Waals surface area contributed by atoms with Gasteiger partial charge in [0, 0.05) is 49.7 Å². The summed E-state index contributed by atoms with van der Waals surface area (Å²) in [5.41, 5.74) is 4.07. The minimum atomic E-state index is -0.270. The van der Waals surface area contributed by atoms with Gasteiger partial charge in [0.1, 0.15) is 11.6 Å². The highest BCUT2D eigenvalue weighted by molar-refractivity contribution is 7.07. The van der Waals surface area contributed by atoms with Crippen LogP contribution in [0, 0.1) is 5.82 Å². The van der Waals surface area contributed by atoms with E-state index in [1.165, 1.54) is 23.3 Å². The van der Waals surface area contributed by atoms with E-state index >= 15 is 0 Å². The lowest BCUT2D eigenvalue weighted by atomic mass is 9.96. The van der Waals surface area contributed by atoms with Gasteiger partial charge in [0.15, 0.2) is 5.82 Å². The Kier molecular flexibility index (Phi) is 8.11. The third kappa shape index (κ3) is 6.51. The number of carbonyl (C=O) groups excluding carboxylic acids is 1. The molecule has 1 aliphatic rings. The molecule has 6 nitrogen and oxygen atoms in total. The fraction of sp³-hybridized carbons (Fsp3) is 0.182. The Morgan fingerprint density at radius 1 is 0.805 bits per heavy atom. The van der Waals surface area contributed by atoms with Crippen molar-refractivity contribution in [3.05, 3.63) is 143 Å². The zero-order chi connectivity index (χ0) is 28.0. The molecular formula is C33H29FN4O2S. The number of nitrogens with zero attached hydrogens (tertiary/aromatic N) is 4. The minimum Gasteiger partial charge on any atom is -0.430 e. The van der Waals surface area contributed by atoms with Gasteiger partial charge in [-0.05, 0) is 53.1 Å². The summed E-state index contributed by atoms with van der Waals surface area (Å²) in [6.45, 7) is 2.90. The molecule has 6 rings (SSSR count). The van der Waals surface area contributed by atoms with Crippen molar-refractivity contribution in [2.75, 3.05) is 26.2 Å². The van der Waals surface area contributed by atoms with E-state index in [4.69, 9.17) is 4.74 Å². The molecule has 0 saturated carbocycles. The van der Waals surface area contributed by atoms with E-state index in [0.717, 1.165) is 30.2 Å². The third-order valence-electron chi connectivity index (χ3n) is 7.23. The summed E-state index contributed by atoms with van der Waals surface area (Å²) < 4.78 is 23.4. The lowest BCUT2D eigenvalue weighted by Crippen LogP contribution is -2.49. The van der Waals surface area contributed by atoms with E-state index in [1.54, 1.807) is 36.4 Å². The molecule has 2 heterocycles. The predicted molar refractivity (Wildman–Crippen MR) is 158 cm³/mol. The second-order valence-electron chi connectivity index (χ2n) is 9.96. The normalized spacial score (nSPS) is 13.9. The van der Waals surface area contributed by atoms with Crippen molar-refractivity contribution in [3.8, 4) is 10.9 Å². The van der Waals surface area contributed by atoms with E-state index in [0.29, 0.717) is 41.8 Å². The van der Waals surface area contributed by atoms with Crippen LogP contribution in [0.3, 0.4) is 0 Å². The van der Waals surface area contributed by atoms with Crippen LogP contribution in [-0.2, 0) is 6.42 Å². The number of aromatic nitrogens is 2. The maximum absolute atomic E-state index is 13.3. The summed E-state index contributed by atoms with van der Waals surface area (Å²) in [4.78, 5) is 22.1. The first-order valence-corrected chi connectivity index (χ1v) is 14.4. The first kappa shape index (κ1) is 26.8. The molecule has 0 aliphatic carbocycles. The van der Waals surface area contributed by atoms with Crippen LogP contribution in [0.1, 0.15) is 38.9 Å². The summed E-state index contributed by atoms with van der Waals surface area (Å²) in [5, 5.41) is 0.420. The van der Waals surface area contributed by atoms with E-state index < -0.39 is 0 Å². The van der Waals surface area contributed by atoms with Crippen molar-refractivity contribution in [1.82, 2.24) is 19.2 Å². The number of ether oxygens (including phenoxy) is 1. The molecule has 8 heteroatoms. The Morgan fingerprint density at radius 2 is 1.41 bits per heavy atom. The fourth-order valence-corrected chi connectivity index (χ4v) is 5.72. The van der Waals surface area contributed by atoms with Crippen molar-refractivity contribution >= 4 is 17.4 Å². The average molecular weight is 565 g/mol. The van der Waals surface area contributed by atoms with Crippen LogP contribution < -0.4 is 4.74 Å². The van der Waals surface area contributed by atoms with E-state index in [9.17, 15) is 9.18 Å². The van der Waals surface area contributed by atoms with Crippen LogP contribution in [0.5, 0.6) is 10.9 Å². The largest absolute Gasteiger partial charge is 0.430 e. The van der Waals surface area contributed by atoms with Crippen molar-refractivity contribution in [1.29, 1.82) is 0 Å². The van der Waals surface area contributed by atoms with Gasteiger partial charge in [-0.1, -0.05) is 72.8 Å². The molecule has 0 N–H and O–H groups in total. The number of piperazine rings is 1. The van der Waals surface area contributed by atoms with Crippen molar-refractivity contribution in [3.63, 3.8) is 0 Å². The fourth-order valence-electron chi connectivity index (χ4n) is 5.15. The molecule has 1 aromatic heterocycles. The zero-order valence-electron chi connectivity index (χ0n) is 22.4. The van der Waals surface area contributed by atoms with Gasteiger partial charge in [-0.25, -0.2) is 4.39 Å². The molecule has 1 saturated heterocycles.